The second-order valence-electron chi connectivity index (χ2n) is 14.1. The lowest BCUT2D eigenvalue weighted by molar-refractivity contribution is 1.13. The van der Waals surface area contributed by atoms with Crippen molar-refractivity contribution in [2.24, 2.45) is 0 Å². The number of rotatable bonds is 6. The molecule has 2 aliphatic rings. The van der Waals surface area contributed by atoms with Crippen molar-refractivity contribution in [3.05, 3.63) is 198 Å². The van der Waals surface area contributed by atoms with Crippen LogP contribution >= 0.6 is 0 Å². The summed E-state index contributed by atoms with van der Waals surface area (Å²) in [5.41, 5.74) is 17.1. The molecule has 2 aromatic heterocycles. The van der Waals surface area contributed by atoms with Crippen molar-refractivity contribution in [2.75, 3.05) is 0 Å². The first kappa shape index (κ1) is 32.5. The molecule has 0 fully saturated rings. The van der Waals surface area contributed by atoms with E-state index in [0.29, 0.717) is 0 Å². The minimum atomic E-state index is 0.922. The molecule has 0 bridgehead atoms. The summed E-state index contributed by atoms with van der Waals surface area (Å²) in [7, 11) is 0. The molecule has 0 atom stereocenters. The highest BCUT2D eigenvalue weighted by Crippen LogP contribution is 2.43. The Kier molecular flexibility index (Phi) is 8.37. The highest BCUT2D eigenvalue weighted by atomic mass is 15.0. The van der Waals surface area contributed by atoms with E-state index in [1.165, 1.54) is 94.3 Å². The van der Waals surface area contributed by atoms with Gasteiger partial charge in [-0.3, -0.25) is 0 Å². The first-order valence-corrected chi connectivity index (χ1v) is 18.7. The molecular formula is C51H42N2. The quantitative estimate of drug-likeness (QED) is 0.165. The first-order chi connectivity index (χ1) is 26.1. The van der Waals surface area contributed by atoms with Crippen LogP contribution < -0.4 is 0 Å². The molecule has 2 heterocycles. The van der Waals surface area contributed by atoms with Gasteiger partial charge in [-0.2, -0.15) is 0 Å². The SMILES string of the molecule is C/C=C(/c1cc(-c2ccccc2)cc(-c2cccc3c4ccccc4n(C4=CCC(C)=CC=C4)c23)c1)c1c(C)c2ccccc2n1C1=CC=CCC=C1. The van der Waals surface area contributed by atoms with E-state index in [1.807, 2.05) is 0 Å². The van der Waals surface area contributed by atoms with E-state index < -0.39 is 0 Å². The first-order valence-electron chi connectivity index (χ1n) is 18.7. The molecule has 9 rings (SSSR count). The van der Waals surface area contributed by atoms with Crippen LogP contribution in [-0.4, -0.2) is 9.13 Å². The maximum Gasteiger partial charge on any atom is 0.0619 e. The molecule has 256 valence electrons. The van der Waals surface area contributed by atoms with Crippen molar-refractivity contribution >= 4 is 49.7 Å². The third kappa shape index (κ3) is 5.68. The number of allylic oxidation sites excluding steroid dienone is 13. The zero-order chi connectivity index (χ0) is 35.9. The summed E-state index contributed by atoms with van der Waals surface area (Å²) in [5, 5.41) is 3.79. The van der Waals surface area contributed by atoms with Crippen molar-refractivity contribution in [1.82, 2.24) is 9.13 Å². The van der Waals surface area contributed by atoms with Crippen molar-refractivity contribution in [3.63, 3.8) is 0 Å². The minimum absolute atomic E-state index is 0.922. The normalized spacial score (nSPS) is 14.8. The molecule has 7 aromatic rings. The number of para-hydroxylation sites is 3. The largest absolute Gasteiger partial charge is 0.309 e. The molecular weight excluding hydrogens is 641 g/mol. The molecule has 53 heavy (non-hydrogen) atoms. The lowest BCUT2D eigenvalue weighted by Crippen LogP contribution is -2.03. The molecule has 0 unspecified atom stereocenters. The number of nitrogens with zero attached hydrogens (tertiary/aromatic N) is 2. The number of benzene rings is 5. The van der Waals surface area contributed by atoms with E-state index in [4.69, 9.17) is 0 Å². The maximum atomic E-state index is 2.48. The smallest absolute Gasteiger partial charge is 0.0619 e. The van der Waals surface area contributed by atoms with Crippen LogP contribution in [0.15, 0.2) is 182 Å². The Labute approximate surface area is 312 Å². The van der Waals surface area contributed by atoms with Crippen LogP contribution in [0.5, 0.6) is 0 Å². The lowest BCUT2D eigenvalue weighted by Gasteiger charge is -2.19. The molecule has 5 aromatic carbocycles. The summed E-state index contributed by atoms with van der Waals surface area (Å²) in [6.07, 6.45) is 24.4. The van der Waals surface area contributed by atoms with Crippen LogP contribution in [0.25, 0.3) is 71.9 Å². The van der Waals surface area contributed by atoms with E-state index in [9.17, 15) is 0 Å². The summed E-state index contributed by atoms with van der Waals surface area (Å²) < 4.78 is 4.94. The number of aromatic nitrogens is 2. The van der Waals surface area contributed by atoms with Crippen molar-refractivity contribution in [2.45, 2.75) is 33.6 Å². The summed E-state index contributed by atoms with van der Waals surface area (Å²) >= 11 is 0. The standard InChI is InChI=1S/C51H42N2/c1-4-43(50-36(3)44-24-12-14-28-48(44)52(50)41-21-10-5-6-11-22-41)39-32-38(37-19-8-7-9-20-37)33-40(34-39)45-26-17-27-47-46-25-13-15-29-49(46)53(51(45)47)42-23-16-18-35(2)30-31-42/h4-5,7-29,31-34H,6,30H2,1-3H3/b43-4-. The average molecular weight is 683 g/mol. The Morgan fingerprint density at radius 2 is 1.34 bits per heavy atom. The van der Waals surface area contributed by atoms with Crippen LogP contribution in [0.1, 0.15) is 43.5 Å². The molecule has 0 saturated carbocycles. The highest BCUT2D eigenvalue weighted by molar-refractivity contribution is 6.15. The zero-order valence-electron chi connectivity index (χ0n) is 30.6. The summed E-state index contributed by atoms with van der Waals surface area (Å²) in [5.74, 6) is 0. The Balaban J connectivity index is 1.33. The molecule has 0 radical (unpaired) electrons. The van der Waals surface area contributed by atoms with Crippen LogP contribution in [-0.2, 0) is 0 Å². The summed E-state index contributed by atoms with van der Waals surface area (Å²) in [4.78, 5) is 0. The topological polar surface area (TPSA) is 9.86 Å². The van der Waals surface area contributed by atoms with Gasteiger partial charge in [-0.05, 0) is 110 Å². The molecule has 2 heteroatoms. The van der Waals surface area contributed by atoms with Crippen LogP contribution in [0, 0.1) is 6.92 Å². The van der Waals surface area contributed by atoms with Gasteiger partial charge in [0.15, 0.2) is 0 Å². The Bertz CT molecular complexity index is 2780. The van der Waals surface area contributed by atoms with Gasteiger partial charge >= 0.3 is 0 Å². The fraction of sp³-hybridized carbons (Fsp3) is 0.0980. The van der Waals surface area contributed by atoms with Gasteiger partial charge in [0.25, 0.3) is 0 Å². The van der Waals surface area contributed by atoms with E-state index in [-0.39, 0.29) is 0 Å². The fourth-order valence-electron chi connectivity index (χ4n) is 8.28. The van der Waals surface area contributed by atoms with Gasteiger partial charge < -0.3 is 9.13 Å². The van der Waals surface area contributed by atoms with Gasteiger partial charge in [0.2, 0.25) is 0 Å². The number of hydrogen-bond acceptors (Lipinski definition) is 0. The molecule has 2 nitrogen and oxygen atoms in total. The van der Waals surface area contributed by atoms with Crippen LogP contribution in [0.3, 0.4) is 0 Å². The number of fused-ring (bicyclic) bond motifs is 4. The predicted molar refractivity (Wildman–Crippen MR) is 229 cm³/mol. The maximum absolute atomic E-state index is 2.48. The van der Waals surface area contributed by atoms with Crippen LogP contribution in [0.4, 0.5) is 0 Å². The Morgan fingerprint density at radius 3 is 2.17 bits per heavy atom. The van der Waals surface area contributed by atoms with Gasteiger partial charge in [0.1, 0.15) is 0 Å². The van der Waals surface area contributed by atoms with Crippen molar-refractivity contribution in [1.29, 1.82) is 0 Å². The Hall–Kier alpha value is -6.38. The molecule has 0 N–H and O–H groups in total. The zero-order valence-corrected chi connectivity index (χ0v) is 30.6. The van der Waals surface area contributed by atoms with Gasteiger partial charge in [-0.1, -0.05) is 133 Å². The minimum Gasteiger partial charge on any atom is -0.309 e. The third-order valence-corrected chi connectivity index (χ3v) is 10.8. The molecule has 0 saturated heterocycles. The second-order valence-corrected chi connectivity index (χ2v) is 14.1. The van der Waals surface area contributed by atoms with Gasteiger partial charge in [0.05, 0.1) is 22.2 Å². The Morgan fingerprint density at radius 1 is 0.604 bits per heavy atom. The average Bonchev–Trinajstić information content (AvgIpc) is 3.39. The summed E-state index contributed by atoms with van der Waals surface area (Å²) in [6.45, 7) is 6.67. The molecule has 2 aliphatic carbocycles. The number of hydrogen-bond donors (Lipinski definition) is 0. The predicted octanol–water partition coefficient (Wildman–Crippen LogP) is 13.9. The van der Waals surface area contributed by atoms with E-state index >= 15 is 0 Å². The van der Waals surface area contributed by atoms with Crippen molar-refractivity contribution < 1.29 is 0 Å². The van der Waals surface area contributed by atoms with Crippen LogP contribution in [0.2, 0.25) is 0 Å². The second kappa shape index (κ2) is 13.6. The van der Waals surface area contributed by atoms with Gasteiger partial charge in [-0.25, -0.2) is 0 Å². The lowest BCUT2D eigenvalue weighted by atomic mass is 9.90. The third-order valence-electron chi connectivity index (χ3n) is 10.8. The van der Waals surface area contributed by atoms with Gasteiger partial charge in [-0.15, -0.1) is 0 Å². The molecule has 0 amide bonds. The van der Waals surface area contributed by atoms with E-state index in [0.717, 1.165) is 12.8 Å². The van der Waals surface area contributed by atoms with E-state index in [1.54, 1.807) is 0 Å². The van der Waals surface area contributed by atoms with Gasteiger partial charge in [0, 0.05) is 38.7 Å². The number of aryl methyl sites for hydroxylation is 1. The molecule has 0 spiro atoms. The molecule has 0 aliphatic heterocycles. The van der Waals surface area contributed by atoms with Crippen molar-refractivity contribution in [3.8, 4) is 22.3 Å². The van der Waals surface area contributed by atoms with E-state index in [2.05, 4.69) is 206 Å². The fourth-order valence-corrected chi connectivity index (χ4v) is 8.28. The highest BCUT2D eigenvalue weighted by Gasteiger charge is 2.23. The monoisotopic (exact) mass is 682 g/mol. The summed E-state index contributed by atoms with van der Waals surface area (Å²) in [6, 6.07) is 42.5.